The van der Waals surface area contributed by atoms with Gasteiger partial charge in [-0.2, -0.15) is 0 Å². The van der Waals surface area contributed by atoms with Gasteiger partial charge in [-0.05, 0) is 50.1 Å². The maximum absolute atomic E-state index is 13.0. The number of carbonyl (C=O) groups excluding carboxylic acids is 2. The topological polar surface area (TPSA) is 66.4 Å². The third-order valence-corrected chi connectivity index (χ3v) is 6.35. The average Bonchev–Trinajstić information content (AvgIpc) is 2.79. The molecule has 0 bridgehead atoms. The monoisotopic (exact) mass is 480 g/mol. The van der Waals surface area contributed by atoms with Crippen molar-refractivity contribution in [3.05, 3.63) is 70.1 Å². The quantitative estimate of drug-likeness (QED) is 0.560. The van der Waals surface area contributed by atoms with Crippen LogP contribution in [0.2, 0.25) is 0 Å². The van der Waals surface area contributed by atoms with Crippen molar-refractivity contribution in [1.82, 2.24) is 19.8 Å². The Morgan fingerprint density at radius 3 is 2.45 bits per heavy atom. The highest BCUT2D eigenvalue weighted by atomic mass is 79.9. The molecule has 2 amide bonds. The molecule has 160 valence electrons. The molecule has 1 fully saturated rings. The van der Waals surface area contributed by atoms with E-state index in [4.69, 9.17) is 0 Å². The van der Waals surface area contributed by atoms with E-state index in [1.54, 1.807) is 11.9 Å². The summed E-state index contributed by atoms with van der Waals surface area (Å²) in [6.07, 6.45) is 1.34. The lowest BCUT2D eigenvalue weighted by Gasteiger charge is -2.33. The number of benzene rings is 2. The number of amides is 2. The Balaban J connectivity index is 1.36. The standard InChI is InChI=1S/C24H25BrN4O2/c1-16-20-5-3-4-6-21(20)27-22(26-16)15-28(2)23(30)18-11-13-29(14-12-18)24(31)17-7-9-19(25)10-8-17/h3-10,18H,11-15H2,1-2H3. The molecule has 0 spiro atoms. The van der Waals surface area contributed by atoms with Crippen molar-refractivity contribution in [2.75, 3.05) is 20.1 Å². The van der Waals surface area contributed by atoms with Crippen LogP contribution >= 0.6 is 15.9 Å². The van der Waals surface area contributed by atoms with Gasteiger partial charge >= 0.3 is 0 Å². The first-order valence-electron chi connectivity index (χ1n) is 10.4. The van der Waals surface area contributed by atoms with Crippen LogP contribution in [0.1, 0.15) is 34.7 Å². The molecule has 3 aromatic rings. The fourth-order valence-electron chi connectivity index (χ4n) is 4.07. The van der Waals surface area contributed by atoms with E-state index in [1.807, 2.05) is 60.4 Å². The van der Waals surface area contributed by atoms with Crippen LogP contribution in [0.3, 0.4) is 0 Å². The molecule has 0 atom stereocenters. The van der Waals surface area contributed by atoms with Gasteiger partial charge in [0, 0.05) is 47.2 Å². The van der Waals surface area contributed by atoms with Gasteiger partial charge in [0.15, 0.2) is 0 Å². The highest BCUT2D eigenvalue weighted by molar-refractivity contribution is 9.10. The Hall–Kier alpha value is -2.80. The van der Waals surface area contributed by atoms with E-state index >= 15 is 0 Å². The van der Waals surface area contributed by atoms with Gasteiger partial charge in [0.25, 0.3) is 5.91 Å². The molecule has 6 nitrogen and oxygen atoms in total. The summed E-state index contributed by atoms with van der Waals surface area (Å²) >= 11 is 3.39. The lowest BCUT2D eigenvalue weighted by atomic mass is 9.95. The van der Waals surface area contributed by atoms with E-state index in [1.165, 1.54) is 0 Å². The lowest BCUT2D eigenvalue weighted by molar-refractivity contribution is -0.136. The average molecular weight is 481 g/mol. The normalized spacial score (nSPS) is 14.6. The first kappa shape index (κ1) is 21.4. The van der Waals surface area contributed by atoms with Gasteiger partial charge in [-0.15, -0.1) is 0 Å². The summed E-state index contributed by atoms with van der Waals surface area (Å²) in [6.45, 7) is 3.52. The van der Waals surface area contributed by atoms with Gasteiger partial charge < -0.3 is 9.80 Å². The number of hydrogen-bond acceptors (Lipinski definition) is 4. The Labute approximate surface area is 190 Å². The summed E-state index contributed by atoms with van der Waals surface area (Å²) < 4.78 is 0.946. The summed E-state index contributed by atoms with van der Waals surface area (Å²) in [5.41, 5.74) is 2.49. The van der Waals surface area contributed by atoms with Crippen LogP contribution in [-0.4, -0.2) is 51.7 Å². The largest absolute Gasteiger partial charge is 0.339 e. The van der Waals surface area contributed by atoms with Crippen LogP contribution in [0.4, 0.5) is 0 Å². The maximum Gasteiger partial charge on any atom is 0.253 e. The summed E-state index contributed by atoms with van der Waals surface area (Å²) in [7, 11) is 1.80. The predicted octanol–water partition coefficient (Wildman–Crippen LogP) is 4.21. The summed E-state index contributed by atoms with van der Waals surface area (Å²) in [6, 6.07) is 15.3. The second-order valence-corrected chi connectivity index (χ2v) is 8.93. The molecule has 0 radical (unpaired) electrons. The number of aromatic nitrogens is 2. The molecule has 2 heterocycles. The smallest absolute Gasteiger partial charge is 0.253 e. The maximum atomic E-state index is 13.0. The van der Waals surface area contributed by atoms with Crippen molar-refractivity contribution < 1.29 is 9.59 Å². The lowest BCUT2D eigenvalue weighted by Crippen LogP contribution is -2.43. The van der Waals surface area contributed by atoms with Crippen molar-refractivity contribution in [2.24, 2.45) is 5.92 Å². The molecule has 0 N–H and O–H groups in total. The van der Waals surface area contributed by atoms with E-state index < -0.39 is 0 Å². The number of likely N-dealkylation sites (tertiary alicyclic amines) is 1. The molecular weight excluding hydrogens is 456 g/mol. The van der Waals surface area contributed by atoms with E-state index in [9.17, 15) is 9.59 Å². The third-order valence-electron chi connectivity index (χ3n) is 5.82. The molecule has 1 aliphatic rings. The highest BCUT2D eigenvalue weighted by Gasteiger charge is 2.29. The van der Waals surface area contributed by atoms with Crippen LogP contribution in [0, 0.1) is 12.8 Å². The fraction of sp³-hybridized carbons (Fsp3) is 0.333. The molecule has 7 heteroatoms. The zero-order chi connectivity index (χ0) is 22.0. The number of aryl methyl sites for hydroxylation is 1. The minimum atomic E-state index is -0.0829. The SMILES string of the molecule is Cc1nc(CN(C)C(=O)C2CCN(C(=O)c3ccc(Br)cc3)CC2)nc2ccccc12. The van der Waals surface area contributed by atoms with Gasteiger partial charge in [0.2, 0.25) is 5.91 Å². The number of nitrogens with zero attached hydrogens (tertiary/aromatic N) is 4. The van der Waals surface area contributed by atoms with Crippen LogP contribution in [0.5, 0.6) is 0 Å². The summed E-state index contributed by atoms with van der Waals surface area (Å²) in [5, 5.41) is 1.03. The van der Waals surface area contributed by atoms with Gasteiger partial charge in [0.1, 0.15) is 5.82 Å². The Morgan fingerprint density at radius 1 is 1.06 bits per heavy atom. The van der Waals surface area contributed by atoms with Crippen molar-refractivity contribution >= 4 is 38.6 Å². The number of para-hydroxylation sites is 1. The Kier molecular flexibility index (Phi) is 6.32. The number of carbonyl (C=O) groups is 2. The van der Waals surface area contributed by atoms with E-state index in [0.717, 1.165) is 21.1 Å². The minimum Gasteiger partial charge on any atom is -0.339 e. The molecule has 1 aromatic heterocycles. The van der Waals surface area contributed by atoms with E-state index in [2.05, 4.69) is 25.9 Å². The third kappa shape index (κ3) is 4.77. The molecule has 0 aliphatic carbocycles. The van der Waals surface area contributed by atoms with Gasteiger partial charge in [-0.25, -0.2) is 9.97 Å². The zero-order valence-electron chi connectivity index (χ0n) is 17.7. The zero-order valence-corrected chi connectivity index (χ0v) is 19.3. The van der Waals surface area contributed by atoms with Crippen molar-refractivity contribution in [3.8, 4) is 0 Å². The number of piperidine rings is 1. The number of rotatable bonds is 4. The van der Waals surface area contributed by atoms with Crippen LogP contribution in [0.25, 0.3) is 10.9 Å². The van der Waals surface area contributed by atoms with E-state index in [0.29, 0.717) is 43.9 Å². The minimum absolute atomic E-state index is 0.0202. The molecule has 0 saturated carbocycles. The first-order valence-corrected chi connectivity index (χ1v) is 11.2. The summed E-state index contributed by atoms with van der Waals surface area (Å²) in [4.78, 5) is 38.4. The molecule has 0 unspecified atom stereocenters. The predicted molar refractivity (Wildman–Crippen MR) is 124 cm³/mol. The second-order valence-electron chi connectivity index (χ2n) is 8.01. The number of fused-ring (bicyclic) bond motifs is 1. The fourth-order valence-corrected chi connectivity index (χ4v) is 4.34. The van der Waals surface area contributed by atoms with Gasteiger partial charge in [0.05, 0.1) is 12.1 Å². The number of halogens is 1. The summed E-state index contributed by atoms with van der Waals surface area (Å²) in [5.74, 6) is 0.673. The molecule has 4 rings (SSSR count). The highest BCUT2D eigenvalue weighted by Crippen LogP contribution is 2.22. The van der Waals surface area contributed by atoms with Crippen LogP contribution in [0.15, 0.2) is 53.0 Å². The van der Waals surface area contributed by atoms with E-state index in [-0.39, 0.29) is 17.7 Å². The molecule has 2 aromatic carbocycles. The molecule has 1 aliphatic heterocycles. The molecule has 1 saturated heterocycles. The Morgan fingerprint density at radius 2 is 1.74 bits per heavy atom. The van der Waals surface area contributed by atoms with Crippen molar-refractivity contribution in [3.63, 3.8) is 0 Å². The Bertz CT molecular complexity index is 1110. The van der Waals surface area contributed by atoms with Crippen molar-refractivity contribution in [2.45, 2.75) is 26.3 Å². The molecular formula is C24H25BrN4O2. The number of hydrogen-bond donors (Lipinski definition) is 0. The van der Waals surface area contributed by atoms with Crippen molar-refractivity contribution in [1.29, 1.82) is 0 Å². The van der Waals surface area contributed by atoms with Gasteiger partial charge in [-0.3, -0.25) is 9.59 Å². The first-order chi connectivity index (χ1) is 14.9. The molecule has 31 heavy (non-hydrogen) atoms. The van der Waals surface area contributed by atoms with Crippen LogP contribution in [-0.2, 0) is 11.3 Å². The second kappa shape index (κ2) is 9.14. The van der Waals surface area contributed by atoms with Gasteiger partial charge in [-0.1, -0.05) is 34.1 Å². The van der Waals surface area contributed by atoms with Crippen LogP contribution < -0.4 is 0 Å².